The fraction of sp³-hybridized carbons (Fsp3) is 0.333. The normalized spacial score (nSPS) is 15.9. The molecule has 1 saturated heterocycles. The molecular formula is C24H27N5O2S. The summed E-state index contributed by atoms with van der Waals surface area (Å²) in [5.41, 5.74) is 3.78. The van der Waals surface area contributed by atoms with E-state index in [9.17, 15) is 9.59 Å². The van der Waals surface area contributed by atoms with E-state index in [-0.39, 0.29) is 17.9 Å². The summed E-state index contributed by atoms with van der Waals surface area (Å²) in [5, 5.41) is 15.4. The van der Waals surface area contributed by atoms with E-state index in [0.717, 1.165) is 41.2 Å². The Morgan fingerprint density at radius 1 is 1.09 bits per heavy atom. The Bertz CT molecular complexity index is 1100. The molecule has 32 heavy (non-hydrogen) atoms. The zero-order valence-corrected chi connectivity index (χ0v) is 19.1. The van der Waals surface area contributed by atoms with Gasteiger partial charge < -0.3 is 15.5 Å². The molecule has 1 aromatic heterocycles. The van der Waals surface area contributed by atoms with Crippen LogP contribution in [-0.4, -0.2) is 40.1 Å². The highest BCUT2D eigenvalue weighted by molar-refractivity contribution is 7.13. The number of amides is 3. The van der Waals surface area contributed by atoms with Crippen LogP contribution in [0.1, 0.15) is 51.6 Å². The van der Waals surface area contributed by atoms with Gasteiger partial charge in [0.25, 0.3) is 5.91 Å². The molecule has 1 aliphatic heterocycles. The lowest BCUT2D eigenvalue weighted by atomic mass is 9.99. The van der Waals surface area contributed by atoms with Crippen LogP contribution in [0.3, 0.4) is 0 Å². The number of piperidine rings is 1. The van der Waals surface area contributed by atoms with Crippen molar-refractivity contribution in [2.24, 2.45) is 0 Å². The molecule has 8 heteroatoms. The van der Waals surface area contributed by atoms with Crippen LogP contribution >= 0.6 is 11.3 Å². The summed E-state index contributed by atoms with van der Waals surface area (Å²) >= 11 is 1.30. The lowest BCUT2D eigenvalue weighted by Crippen LogP contribution is -2.41. The number of carbonyl (C=O) groups is 2. The lowest BCUT2D eigenvalue weighted by Gasteiger charge is -2.31. The van der Waals surface area contributed by atoms with Gasteiger partial charge >= 0.3 is 6.03 Å². The van der Waals surface area contributed by atoms with Crippen molar-refractivity contribution in [1.29, 1.82) is 0 Å². The summed E-state index contributed by atoms with van der Waals surface area (Å²) in [5.74, 6) is -0.182. The number of aromatic nitrogens is 2. The van der Waals surface area contributed by atoms with Crippen molar-refractivity contribution in [3.63, 3.8) is 0 Å². The number of urea groups is 1. The number of para-hydroxylation sites is 1. The molecule has 0 unspecified atom stereocenters. The lowest BCUT2D eigenvalue weighted by molar-refractivity contribution is 0.102. The second kappa shape index (κ2) is 9.91. The molecule has 2 aromatic carbocycles. The van der Waals surface area contributed by atoms with Gasteiger partial charge in [-0.05, 0) is 55.5 Å². The van der Waals surface area contributed by atoms with E-state index in [4.69, 9.17) is 0 Å². The summed E-state index contributed by atoms with van der Waals surface area (Å²) in [4.78, 5) is 27.2. The molecule has 1 aliphatic rings. The van der Waals surface area contributed by atoms with E-state index in [0.29, 0.717) is 18.1 Å². The number of rotatable bonds is 5. The summed E-state index contributed by atoms with van der Waals surface area (Å²) in [6.45, 7) is 5.31. The van der Waals surface area contributed by atoms with E-state index in [1.165, 1.54) is 16.9 Å². The first-order chi connectivity index (χ1) is 15.5. The Labute approximate surface area is 191 Å². The van der Waals surface area contributed by atoms with E-state index in [1.54, 1.807) is 0 Å². The molecule has 2 heterocycles. The fourth-order valence-electron chi connectivity index (χ4n) is 3.77. The maximum absolute atomic E-state index is 12.8. The van der Waals surface area contributed by atoms with Crippen LogP contribution in [0.15, 0.2) is 48.5 Å². The third-order valence-corrected chi connectivity index (χ3v) is 6.78. The van der Waals surface area contributed by atoms with Crippen molar-refractivity contribution in [1.82, 2.24) is 15.1 Å². The Kier molecular flexibility index (Phi) is 6.80. The second-order valence-corrected chi connectivity index (χ2v) is 8.99. The van der Waals surface area contributed by atoms with Crippen molar-refractivity contribution in [3.8, 4) is 0 Å². The number of likely N-dealkylation sites (tertiary alicyclic amines) is 1. The van der Waals surface area contributed by atoms with Crippen molar-refractivity contribution >= 4 is 34.6 Å². The minimum Gasteiger partial charge on any atom is -0.324 e. The average molecular weight is 450 g/mol. The minimum absolute atomic E-state index is 0.0782. The minimum atomic E-state index is -0.260. The van der Waals surface area contributed by atoms with Crippen molar-refractivity contribution in [2.75, 3.05) is 23.7 Å². The summed E-state index contributed by atoms with van der Waals surface area (Å²) in [6.07, 6.45) is 2.77. The molecule has 1 atom stereocenters. The number of nitrogens with zero attached hydrogens (tertiary/aromatic N) is 3. The van der Waals surface area contributed by atoms with Gasteiger partial charge in [-0.25, -0.2) is 4.79 Å². The van der Waals surface area contributed by atoms with Gasteiger partial charge in [0.15, 0.2) is 0 Å². The SMILES string of the molecule is CCc1ccc(NC(=O)N2CCC[C@H](c3nnc(C(=O)Nc4ccccc4C)s3)C2)cc1. The third-order valence-electron chi connectivity index (χ3n) is 5.70. The molecule has 1 fully saturated rings. The largest absolute Gasteiger partial charge is 0.324 e. The van der Waals surface area contributed by atoms with Crippen molar-refractivity contribution in [3.05, 3.63) is 69.7 Å². The molecular weight excluding hydrogens is 422 g/mol. The van der Waals surface area contributed by atoms with Crippen molar-refractivity contribution in [2.45, 2.75) is 39.0 Å². The Morgan fingerprint density at radius 2 is 1.88 bits per heavy atom. The summed E-state index contributed by atoms with van der Waals surface area (Å²) in [7, 11) is 0. The third kappa shape index (κ3) is 5.13. The van der Waals surface area contributed by atoms with Gasteiger partial charge in [0, 0.05) is 30.4 Å². The monoisotopic (exact) mass is 449 g/mol. The molecule has 7 nitrogen and oxygen atoms in total. The number of hydrogen-bond donors (Lipinski definition) is 2. The van der Waals surface area contributed by atoms with E-state index < -0.39 is 0 Å². The van der Waals surface area contributed by atoms with E-state index >= 15 is 0 Å². The van der Waals surface area contributed by atoms with Gasteiger partial charge in [0.1, 0.15) is 5.01 Å². The zero-order valence-electron chi connectivity index (χ0n) is 18.3. The number of carbonyl (C=O) groups excluding carboxylic acids is 2. The fourth-order valence-corrected chi connectivity index (χ4v) is 4.63. The number of benzene rings is 2. The first kappa shape index (κ1) is 22.0. The van der Waals surface area contributed by atoms with Crippen LogP contribution in [0, 0.1) is 6.92 Å². The molecule has 0 spiro atoms. The average Bonchev–Trinajstić information content (AvgIpc) is 3.32. The van der Waals surface area contributed by atoms with Crippen LogP contribution in [0.25, 0.3) is 0 Å². The highest BCUT2D eigenvalue weighted by Crippen LogP contribution is 2.30. The maximum Gasteiger partial charge on any atom is 0.321 e. The van der Waals surface area contributed by atoms with Crippen LogP contribution in [0.4, 0.5) is 16.2 Å². The van der Waals surface area contributed by atoms with Gasteiger partial charge in [-0.3, -0.25) is 4.79 Å². The topological polar surface area (TPSA) is 87.2 Å². The smallest absolute Gasteiger partial charge is 0.321 e. The first-order valence-electron chi connectivity index (χ1n) is 10.9. The highest BCUT2D eigenvalue weighted by Gasteiger charge is 2.28. The molecule has 0 saturated carbocycles. The highest BCUT2D eigenvalue weighted by atomic mass is 32.1. The van der Waals surface area contributed by atoms with Crippen molar-refractivity contribution < 1.29 is 9.59 Å². The van der Waals surface area contributed by atoms with Crippen LogP contribution in [0.5, 0.6) is 0 Å². The zero-order chi connectivity index (χ0) is 22.5. The van der Waals surface area contributed by atoms with Gasteiger partial charge in [-0.1, -0.05) is 48.6 Å². The van der Waals surface area contributed by atoms with E-state index in [1.807, 2.05) is 60.4 Å². The molecule has 3 aromatic rings. The van der Waals surface area contributed by atoms with Gasteiger partial charge in [0.2, 0.25) is 5.01 Å². The molecule has 0 aliphatic carbocycles. The second-order valence-electron chi connectivity index (χ2n) is 7.98. The molecule has 166 valence electrons. The molecule has 3 amide bonds. The summed E-state index contributed by atoms with van der Waals surface area (Å²) < 4.78 is 0. The van der Waals surface area contributed by atoms with E-state index in [2.05, 4.69) is 27.8 Å². The first-order valence-corrected chi connectivity index (χ1v) is 11.7. The Hall–Kier alpha value is -3.26. The van der Waals surface area contributed by atoms with Crippen LogP contribution < -0.4 is 10.6 Å². The van der Waals surface area contributed by atoms with Crippen LogP contribution in [0.2, 0.25) is 0 Å². The van der Waals surface area contributed by atoms with Gasteiger partial charge in [-0.2, -0.15) is 0 Å². The predicted octanol–water partition coefficient (Wildman–Crippen LogP) is 5.07. The predicted molar refractivity (Wildman–Crippen MR) is 127 cm³/mol. The number of nitrogens with one attached hydrogen (secondary N) is 2. The molecule has 0 radical (unpaired) electrons. The van der Waals surface area contributed by atoms with Gasteiger partial charge in [-0.15, -0.1) is 10.2 Å². The quantitative estimate of drug-likeness (QED) is 0.569. The maximum atomic E-state index is 12.8. The Morgan fingerprint density at radius 3 is 2.62 bits per heavy atom. The number of anilines is 2. The standard InChI is InChI=1S/C24H27N5O2S/c1-3-17-10-12-19(13-11-17)25-24(31)29-14-6-8-18(15-29)22-27-28-23(32-22)21(30)26-20-9-5-4-7-16(20)2/h4-5,7,9-13,18H,3,6,8,14-15H2,1-2H3,(H,25,31)(H,26,30)/t18-/m0/s1. The number of aryl methyl sites for hydroxylation is 2. The Balaban J connectivity index is 1.38. The van der Waals surface area contributed by atoms with Crippen LogP contribution in [-0.2, 0) is 6.42 Å². The summed E-state index contributed by atoms with van der Waals surface area (Å²) in [6, 6.07) is 15.4. The van der Waals surface area contributed by atoms with Gasteiger partial charge in [0.05, 0.1) is 0 Å². The number of hydrogen-bond acceptors (Lipinski definition) is 5. The molecule has 4 rings (SSSR count). The molecule has 2 N–H and O–H groups in total. The molecule has 0 bridgehead atoms.